The Balaban J connectivity index is 1.77. The van der Waals surface area contributed by atoms with Crippen molar-refractivity contribution in [2.24, 2.45) is 13.0 Å². The summed E-state index contributed by atoms with van der Waals surface area (Å²) in [6.45, 7) is 4.01. The van der Waals surface area contributed by atoms with Crippen LogP contribution in [0.3, 0.4) is 0 Å². The summed E-state index contributed by atoms with van der Waals surface area (Å²) in [5.41, 5.74) is 2.12. The summed E-state index contributed by atoms with van der Waals surface area (Å²) in [5, 5.41) is 8.77. The summed E-state index contributed by atoms with van der Waals surface area (Å²) in [6, 6.07) is 0. The standard InChI is InChI=1S/C14H24ClN3/c1-3-12-14(15)13(18(2)17-12)10-16-9-8-11-6-4-5-7-11/h11,16H,3-10H2,1-2H3. The van der Waals surface area contributed by atoms with Crippen molar-refractivity contribution in [2.75, 3.05) is 6.54 Å². The van der Waals surface area contributed by atoms with E-state index in [9.17, 15) is 0 Å². The number of nitrogens with one attached hydrogen (secondary N) is 1. The van der Waals surface area contributed by atoms with Crippen LogP contribution in [0.1, 0.15) is 50.4 Å². The molecule has 1 fully saturated rings. The normalized spacial score (nSPS) is 16.6. The van der Waals surface area contributed by atoms with E-state index < -0.39 is 0 Å². The molecular weight excluding hydrogens is 246 g/mol. The molecule has 0 bridgehead atoms. The number of hydrogen-bond acceptors (Lipinski definition) is 2. The zero-order valence-electron chi connectivity index (χ0n) is 11.5. The molecule has 1 heterocycles. The number of nitrogens with zero attached hydrogens (tertiary/aromatic N) is 2. The molecule has 0 amide bonds. The molecule has 0 spiro atoms. The van der Waals surface area contributed by atoms with E-state index in [1.165, 1.54) is 32.1 Å². The third-order valence-electron chi connectivity index (χ3n) is 4.00. The SMILES string of the molecule is CCc1nn(C)c(CNCCC2CCCC2)c1Cl. The van der Waals surface area contributed by atoms with Crippen LogP contribution in [0, 0.1) is 5.92 Å². The van der Waals surface area contributed by atoms with E-state index >= 15 is 0 Å². The predicted octanol–water partition coefficient (Wildman–Crippen LogP) is 3.31. The van der Waals surface area contributed by atoms with Crippen LogP contribution in [-0.2, 0) is 20.0 Å². The second-order valence-corrected chi connectivity index (χ2v) is 5.68. The Morgan fingerprint density at radius 3 is 2.72 bits per heavy atom. The smallest absolute Gasteiger partial charge is 0.0863 e. The van der Waals surface area contributed by atoms with Crippen LogP contribution in [0.4, 0.5) is 0 Å². The minimum Gasteiger partial charge on any atom is -0.311 e. The van der Waals surface area contributed by atoms with Gasteiger partial charge in [0.2, 0.25) is 0 Å². The zero-order valence-corrected chi connectivity index (χ0v) is 12.3. The first-order valence-electron chi connectivity index (χ1n) is 7.13. The van der Waals surface area contributed by atoms with E-state index in [-0.39, 0.29) is 0 Å². The summed E-state index contributed by atoms with van der Waals surface area (Å²) >= 11 is 6.31. The highest BCUT2D eigenvalue weighted by molar-refractivity contribution is 6.31. The quantitative estimate of drug-likeness (QED) is 0.803. The van der Waals surface area contributed by atoms with E-state index in [0.29, 0.717) is 0 Å². The third-order valence-corrected chi connectivity index (χ3v) is 4.44. The highest BCUT2D eigenvalue weighted by Crippen LogP contribution is 2.27. The van der Waals surface area contributed by atoms with Crippen molar-refractivity contribution in [1.29, 1.82) is 0 Å². The lowest BCUT2D eigenvalue weighted by Crippen LogP contribution is -2.19. The van der Waals surface area contributed by atoms with Gasteiger partial charge in [-0.15, -0.1) is 0 Å². The number of rotatable bonds is 6. The maximum absolute atomic E-state index is 6.31. The lowest BCUT2D eigenvalue weighted by atomic mass is 10.0. The summed E-state index contributed by atoms with van der Waals surface area (Å²) in [4.78, 5) is 0. The van der Waals surface area contributed by atoms with Crippen LogP contribution in [0.5, 0.6) is 0 Å². The molecule has 0 radical (unpaired) electrons. The lowest BCUT2D eigenvalue weighted by Gasteiger charge is -2.10. The molecule has 0 aromatic carbocycles. The van der Waals surface area contributed by atoms with Gasteiger partial charge in [0.15, 0.2) is 0 Å². The van der Waals surface area contributed by atoms with Crippen molar-refractivity contribution in [3.05, 3.63) is 16.4 Å². The molecular formula is C14H24ClN3. The van der Waals surface area contributed by atoms with Crippen molar-refractivity contribution in [3.63, 3.8) is 0 Å². The number of halogens is 1. The fourth-order valence-corrected chi connectivity index (χ4v) is 3.18. The van der Waals surface area contributed by atoms with Crippen LogP contribution in [-0.4, -0.2) is 16.3 Å². The summed E-state index contributed by atoms with van der Waals surface area (Å²) in [5.74, 6) is 0.950. The van der Waals surface area contributed by atoms with Crippen molar-refractivity contribution in [2.45, 2.75) is 52.0 Å². The van der Waals surface area contributed by atoms with Crippen molar-refractivity contribution in [3.8, 4) is 0 Å². The first kappa shape index (κ1) is 13.9. The van der Waals surface area contributed by atoms with Gasteiger partial charge in [-0.1, -0.05) is 44.2 Å². The van der Waals surface area contributed by atoms with Gasteiger partial charge in [0.05, 0.1) is 16.4 Å². The average Bonchev–Trinajstić information content (AvgIpc) is 2.96. The number of hydrogen-bond donors (Lipinski definition) is 1. The Morgan fingerprint density at radius 2 is 2.11 bits per heavy atom. The van der Waals surface area contributed by atoms with E-state index in [1.807, 2.05) is 11.7 Å². The van der Waals surface area contributed by atoms with Gasteiger partial charge in [0, 0.05) is 13.6 Å². The van der Waals surface area contributed by atoms with Crippen LogP contribution < -0.4 is 5.32 Å². The molecule has 1 aliphatic carbocycles. The molecule has 1 aromatic heterocycles. The molecule has 0 aliphatic heterocycles. The van der Waals surface area contributed by atoms with Gasteiger partial charge in [-0.25, -0.2) is 0 Å². The second kappa shape index (κ2) is 6.58. The van der Waals surface area contributed by atoms with Gasteiger partial charge in [0.1, 0.15) is 0 Å². The molecule has 1 saturated carbocycles. The first-order chi connectivity index (χ1) is 8.72. The Kier molecular flexibility index (Phi) is 5.07. The van der Waals surface area contributed by atoms with Gasteiger partial charge >= 0.3 is 0 Å². The van der Waals surface area contributed by atoms with Crippen LogP contribution in [0.25, 0.3) is 0 Å². The van der Waals surface area contributed by atoms with E-state index in [0.717, 1.165) is 41.8 Å². The average molecular weight is 270 g/mol. The molecule has 4 heteroatoms. The van der Waals surface area contributed by atoms with Gasteiger partial charge in [-0.05, 0) is 25.3 Å². The zero-order chi connectivity index (χ0) is 13.0. The van der Waals surface area contributed by atoms with E-state index in [4.69, 9.17) is 11.6 Å². The predicted molar refractivity (Wildman–Crippen MR) is 75.9 cm³/mol. The molecule has 1 N–H and O–H groups in total. The maximum atomic E-state index is 6.31. The summed E-state index contributed by atoms with van der Waals surface area (Å²) in [7, 11) is 1.97. The maximum Gasteiger partial charge on any atom is 0.0863 e. The molecule has 1 aromatic rings. The third kappa shape index (κ3) is 3.27. The fourth-order valence-electron chi connectivity index (χ4n) is 2.82. The topological polar surface area (TPSA) is 29.9 Å². The molecule has 1 aliphatic rings. The Labute approximate surface area is 115 Å². The van der Waals surface area contributed by atoms with Crippen molar-refractivity contribution >= 4 is 11.6 Å². The van der Waals surface area contributed by atoms with Gasteiger partial charge < -0.3 is 5.32 Å². The van der Waals surface area contributed by atoms with Crippen LogP contribution in [0.2, 0.25) is 5.02 Å². The highest BCUT2D eigenvalue weighted by Gasteiger charge is 2.15. The summed E-state index contributed by atoms with van der Waals surface area (Å²) < 4.78 is 1.91. The molecule has 18 heavy (non-hydrogen) atoms. The Bertz CT molecular complexity index is 381. The Hall–Kier alpha value is -0.540. The first-order valence-corrected chi connectivity index (χ1v) is 7.51. The number of aromatic nitrogens is 2. The molecule has 0 atom stereocenters. The van der Waals surface area contributed by atoms with E-state index in [2.05, 4.69) is 17.3 Å². The van der Waals surface area contributed by atoms with Crippen LogP contribution >= 0.6 is 11.6 Å². The number of aryl methyl sites for hydroxylation is 2. The monoisotopic (exact) mass is 269 g/mol. The van der Waals surface area contributed by atoms with Gasteiger partial charge in [0.25, 0.3) is 0 Å². The fraction of sp³-hybridized carbons (Fsp3) is 0.786. The molecule has 2 rings (SSSR count). The van der Waals surface area contributed by atoms with Crippen molar-refractivity contribution in [1.82, 2.24) is 15.1 Å². The Morgan fingerprint density at radius 1 is 1.39 bits per heavy atom. The molecule has 0 saturated heterocycles. The minimum atomic E-state index is 0.828. The lowest BCUT2D eigenvalue weighted by molar-refractivity contribution is 0.473. The largest absolute Gasteiger partial charge is 0.311 e. The van der Waals surface area contributed by atoms with Gasteiger partial charge in [-0.3, -0.25) is 4.68 Å². The molecule has 102 valence electrons. The van der Waals surface area contributed by atoms with E-state index in [1.54, 1.807) is 0 Å². The molecule has 3 nitrogen and oxygen atoms in total. The van der Waals surface area contributed by atoms with Gasteiger partial charge in [-0.2, -0.15) is 5.10 Å². The minimum absolute atomic E-state index is 0.828. The molecule has 0 unspecified atom stereocenters. The van der Waals surface area contributed by atoms with Crippen molar-refractivity contribution < 1.29 is 0 Å². The highest BCUT2D eigenvalue weighted by atomic mass is 35.5. The second-order valence-electron chi connectivity index (χ2n) is 5.30. The van der Waals surface area contributed by atoms with Crippen LogP contribution in [0.15, 0.2) is 0 Å². The summed E-state index contributed by atoms with van der Waals surface area (Å²) in [6.07, 6.45) is 7.91.